The van der Waals surface area contributed by atoms with Crippen molar-refractivity contribution in [1.82, 2.24) is 14.7 Å². The molecule has 0 spiro atoms. The predicted molar refractivity (Wildman–Crippen MR) is 76.3 cm³/mol. The summed E-state index contributed by atoms with van der Waals surface area (Å²) in [5, 5.41) is 4.18. The molecule has 19 heavy (non-hydrogen) atoms. The molecule has 5 heteroatoms. The molecule has 3 aromatic rings. The van der Waals surface area contributed by atoms with Gasteiger partial charge in [0.15, 0.2) is 4.77 Å². The quantitative estimate of drug-likeness (QED) is 0.723. The van der Waals surface area contributed by atoms with Gasteiger partial charge < -0.3 is 14.1 Å². The number of H-pyrrole nitrogens is 1. The maximum Gasteiger partial charge on any atom is 0.177 e. The van der Waals surface area contributed by atoms with Crippen LogP contribution in [0.4, 0.5) is 0 Å². The van der Waals surface area contributed by atoms with Crippen LogP contribution in [0.5, 0.6) is 0 Å². The van der Waals surface area contributed by atoms with Crippen molar-refractivity contribution in [1.29, 1.82) is 0 Å². The number of rotatable bonds is 2. The summed E-state index contributed by atoms with van der Waals surface area (Å²) in [5.74, 6) is 0.781. The fourth-order valence-corrected chi connectivity index (χ4v) is 2.30. The van der Waals surface area contributed by atoms with Gasteiger partial charge in [0.2, 0.25) is 0 Å². The summed E-state index contributed by atoms with van der Waals surface area (Å²) in [6, 6.07) is 9.98. The van der Waals surface area contributed by atoms with Gasteiger partial charge in [-0.2, -0.15) is 0 Å². The van der Waals surface area contributed by atoms with Crippen molar-refractivity contribution >= 4 is 12.2 Å². The molecule has 2 aromatic heterocycles. The van der Waals surface area contributed by atoms with Crippen LogP contribution in [0.2, 0.25) is 0 Å². The Morgan fingerprint density at radius 3 is 2.63 bits per heavy atom. The summed E-state index contributed by atoms with van der Waals surface area (Å²) < 4.78 is 7.95. The molecule has 4 nitrogen and oxygen atoms in total. The second-order valence-electron chi connectivity index (χ2n) is 4.37. The molecule has 0 aliphatic carbocycles. The van der Waals surface area contributed by atoms with Gasteiger partial charge in [-0.3, -0.25) is 0 Å². The summed E-state index contributed by atoms with van der Waals surface area (Å²) in [7, 11) is 1.93. The first-order valence-corrected chi connectivity index (χ1v) is 6.36. The number of nitrogens with zero attached hydrogens (tertiary/aromatic N) is 2. The lowest BCUT2D eigenvalue weighted by atomic mass is 10.0. The van der Waals surface area contributed by atoms with Crippen molar-refractivity contribution in [2.24, 2.45) is 7.05 Å². The molecule has 0 aliphatic heterocycles. The minimum atomic E-state index is 0.676. The zero-order valence-electron chi connectivity index (χ0n) is 10.7. The topological polar surface area (TPSA) is 46.8 Å². The van der Waals surface area contributed by atoms with Crippen molar-refractivity contribution in [3.8, 4) is 22.5 Å². The number of benzene rings is 1. The van der Waals surface area contributed by atoms with Gasteiger partial charge in [0, 0.05) is 18.8 Å². The van der Waals surface area contributed by atoms with Gasteiger partial charge >= 0.3 is 0 Å². The Labute approximate surface area is 115 Å². The van der Waals surface area contributed by atoms with E-state index < -0.39 is 0 Å². The van der Waals surface area contributed by atoms with E-state index in [-0.39, 0.29) is 0 Å². The standard InChI is InChI=1S/C14H13N3OS/c1-9-12(11-8-15-14(19)17(11)2)13(16-18-9)10-6-4-3-5-7-10/h3-8H,1-2H3,(H,15,19). The fraction of sp³-hybridized carbons (Fsp3) is 0.143. The average Bonchev–Trinajstić information content (AvgIpc) is 2.95. The summed E-state index contributed by atoms with van der Waals surface area (Å²) in [4.78, 5) is 3.04. The normalized spacial score (nSPS) is 10.8. The van der Waals surface area contributed by atoms with Crippen LogP contribution in [-0.2, 0) is 7.05 Å². The van der Waals surface area contributed by atoms with Crippen LogP contribution in [0.3, 0.4) is 0 Å². The molecule has 0 aliphatic rings. The highest BCUT2D eigenvalue weighted by Gasteiger charge is 2.18. The highest BCUT2D eigenvalue weighted by Crippen LogP contribution is 2.33. The molecule has 0 saturated heterocycles. The third kappa shape index (κ3) is 1.92. The Kier molecular flexibility index (Phi) is 2.83. The van der Waals surface area contributed by atoms with E-state index >= 15 is 0 Å². The van der Waals surface area contributed by atoms with Crippen LogP contribution in [0, 0.1) is 11.7 Å². The van der Waals surface area contributed by atoms with E-state index in [9.17, 15) is 0 Å². The van der Waals surface area contributed by atoms with Crippen molar-refractivity contribution < 1.29 is 4.52 Å². The molecule has 0 saturated carbocycles. The van der Waals surface area contributed by atoms with E-state index in [1.807, 2.05) is 55.1 Å². The molecule has 3 rings (SSSR count). The summed E-state index contributed by atoms with van der Waals surface area (Å²) in [5.41, 5.74) is 3.81. The van der Waals surface area contributed by atoms with E-state index in [1.165, 1.54) is 0 Å². The van der Waals surface area contributed by atoms with Crippen LogP contribution in [0.25, 0.3) is 22.5 Å². The molecule has 0 atom stereocenters. The lowest BCUT2D eigenvalue weighted by Crippen LogP contribution is -1.93. The highest BCUT2D eigenvalue weighted by atomic mass is 32.1. The summed E-state index contributed by atoms with van der Waals surface area (Å²) in [6.07, 6.45) is 1.88. The van der Waals surface area contributed by atoms with Crippen LogP contribution >= 0.6 is 12.2 Å². The Morgan fingerprint density at radius 1 is 1.26 bits per heavy atom. The molecular formula is C14H13N3OS. The van der Waals surface area contributed by atoms with Crippen LogP contribution in [0.15, 0.2) is 41.1 Å². The molecule has 0 bridgehead atoms. The molecule has 0 fully saturated rings. The summed E-state index contributed by atoms with van der Waals surface area (Å²) in [6.45, 7) is 1.91. The van der Waals surface area contributed by atoms with Gasteiger partial charge in [0.25, 0.3) is 0 Å². The number of hydrogen-bond acceptors (Lipinski definition) is 3. The van der Waals surface area contributed by atoms with Crippen LogP contribution < -0.4 is 0 Å². The maximum absolute atomic E-state index is 5.36. The van der Waals surface area contributed by atoms with Gasteiger partial charge in [-0.15, -0.1) is 0 Å². The third-order valence-electron chi connectivity index (χ3n) is 3.16. The van der Waals surface area contributed by atoms with Crippen molar-refractivity contribution in [3.05, 3.63) is 47.1 Å². The van der Waals surface area contributed by atoms with E-state index in [2.05, 4.69) is 10.1 Å². The number of hydrogen-bond donors (Lipinski definition) is 1. The first-order chi connectivity index (χ1) is 9.18. The van der Waals surface area contributed by atoms with Crippen LogP contribution in [-0.4, -0.2) is 14.7 Å². The molecule has 0 radical (unpaired) electrons. The molecule has 96 valence electrons. The number of nitrogens with one attached hydrogen (secondary N) is 1. The van der Waals surface area contributed by atoms with E-state index in [0.717, 1.165) is 28.3 Å². The van der Waals surface area contributed by atoms with E-state index in [4.69, 9.17) is 16.7 Å². The van der Waals surface area contributed by atoms with E-state index in [1.54, 1.807) is 0 Å². The largest absolute Gasteiger partial charge is 0.360 e. The Bertz CT molecular complexity index is 768. The molecule has 0 amide bonds. The first kappa shape index (κ1) is 11.9. The Morgan fingerprint density at radius 2 is 2.00 bits per heavy atom. The molecule has 1 N–H and O–H groups in total. The predicted octanol–water partition coefficient (Wildman–Crippen LogP) is 3.71. The molecule has 2 heterocycles. The van der Waals surface area contributed by atoms with Crippen LogP contribution in [0.1, 0.15) is 5.76 Å². The van der Waals surface area contributed by atoms with Gasteiger partial charge in [0.1, 0.15) is 11.5 Å². The monoisotopic (exact) mass is 271 g/mol. The number of aromatic amines is 1. The fourth-order valence-electron chi connectivity index (χ4n) is 2.14. The zero-order valence-corrected chi connectivity index (χ0v) is 11.5. The SMILES string of the molecule is Cc1onc(-c2ccccc2)c1-c1c[nH]c(=S)n1C. The van der Waals surface area contributed by atoms with Gasteiger partial charge in [-0.1, -0.05) is 35.5 Å². The average molecular weight is 271 g/mol. The first-order valence-electron chi connectivity index (χ1n) is 5.95. The molecule has 1 aromatic carbocycles. The Hall–Kier alpha value is -2.14. The lowest BCUT2D eigenvalue weighted by Gasteiger charge is -2.03. The van der Waals surface area contributed by atoms with E-state index in [0.29, 0.717) is 4.77 Å². The zero-order chi connectivity index (χ0) is 13.4. The second kappa shape index (κ2) is 4.51. The van der Waals surface area contributed by atoms with Crippen molar-refractivity contribution in [3.63, 3.8) is 0 Å². The highest BCUT2D eigenvalue weighted by molar-refractivity contribution is 7.71. The summed E-state index contributed by atoms with van der Waals surface area (Å²) >= 11 is 5.21. The lowest BCUT2D eigenvalue weighted by molar-refractivity contribution is 0.400. The number of aromatic nitrogens is 3. The molecule has 0 unspecified atom stereocenters. The second-order valence-corrected chi connectivity index (χ2v) is 4.75. The maximum atomic E-state index is 5.36. The van der Waals surface area contributed by atoms with Crippen molar-refractivity contribution in [2.75, 3.05) is 0 Å². The smallest absolute Gasteiger partial charge is 0.177 e. The Balaban J connectivity index is 2.25. The van der Waals surface area contributed by atoms with Crippen molar-refractivity contribution in [2.45, 2.75) is 6.92 Å². The minimum absolute atomic E-state index is 0.676. The van der Waals surface area contributed by atoms with Gasteiger partial charge in [0.05, 0.1) is 11.3 Å². The molecular weight excluding hydrogens is 258 g/mol. The number of imidazole rings is 1. The van der Waals surface area contributed by atoms with Gasteiger partial charge in [-0.05, 0) is 19.1 Å². The number of aryl methyl sites for hydroxylation is 1. The van der Waals surface area contributed by atoms with Gasteiger partial charge in [-0.25, -0.2) is 0 Å². The minimum Gasteiger partial charge on any atom is -0.360 e. The third-order valence-corrected chi connectivity index (χ3v) is 3.56.